The summed E-state index contributed by atoms with van der Waals surface area (Å²) in [6, 6.07) is 0. The van der Waals surface area contributed by atoms with Crippen molar-refractivity contribution >= 4 is 0 Å². The fraction of sp³-hybridized carbons (Fsp3) is 1.00. The third-order valence-electron chi connectivity index (χ3n) is 1.40. The maximum atomic E-state index is 4.34. The van der Waals surface area contributed by atoms with Gasteiger partial charge in [0.25, 0.3) is 0 Å². The van der Waals surface area contributed by atoms with Crippen LogP contribution in [0.4, 0.5) is 0 Å². The first-order valence-corrected chi connectivity index (χ1v) is 4.19. The van der Waals surface area contributed by atoms with Gasteiger partial charge in [-0.2, -0.15) is 5.43 Å². The predicted molar refractivity (Wildman–Crippen MR) is 44.8 cm³/mol. The molecule has 0 heterocycles. The molecule has 0 atom stereocenters. The van der Waals surface area contributed by atoms with Gasteiger partial charge in [0.1, 0.15) is 0 Å². The maximum Gasteiger partial charge on any atom is 0.0306 e. The Morgan fingerprint density at radius 1 is 1.20 bits per heavy atom. The van der Waals surface area contributed by atoms with Crippen LogP contribution >= 0.6 is 0 Å². The predicted octanol–water partition coefficient (Wildman–Crippen LogP) is 1.65. The van der Waals surface area contributed by atoms with Crippen molar-refractivity contribution in [1.29, 1.82) is 0 Å². The molecule has 0 aliphatic rings. The van der Waals surface area contributed by atoms with E-state index in [9.17, 15) is 0 Å². The molecule has 0 saturated heterocycles. The van der Waals surface area contributed by atoms with Crippen molar-refractivity contribution in [1.82, 2.24) is 10.4 Å². The SMILES string of the molecule is CCCC[N]N(C)CCC. The molecule has 0 amide bonds. The third kappa shape index (κ3) is 6.05. The van der Waals surface area contributed by atoms with E-state index in [0.29, 0.717) is 0 Å². The molecule has 0 aromatic heterocycles. The summed E-state index contributed by atoms with van der Waals surface area (Å²) in [6.07, 6.45) is 3.64. The van der Waals surface area contributed by atoms with Gasteiger partial charge in [0.2, 0.25) is 0 Å². The topological polar surface area (TPSA) is 17.3 Å². The molecule has 0 fully saturated rings. The smallest absolute Gasteiger partial charge is 0.0306 e. The summed E-state index contributed by atoms with van der Waals surface area (Å²) in [5.41, 5.74) is 4.34. The fourth-order valence-corrected chi connectivity index (χ4v) is 0.794. The minimum absolute atomic E-state index is 0.993. The van der Waals surface area contributed by atoms with Crippen molar-refractivity contribution < 1.29 is 0 Å². The zero-order valence-corrected chi connectivity index (χ0v) is 7.43. The molecule has 0 aliphatic heterocycles. The van der Waals surface area contributed by atoms with E-state index in [-0.39, 0.29) is 0 Å². The largest absolute Gasteiger partial charge is 0.230 e. The highest BCUT2D eigenvalue weighted by Gasteiger charge is 1.94. The number of unbranched alkanes of at least 4 members (excludes halogenated alkanes) is 1. The summed E-state index contributed by atoms with van der Waals surface area (Å²) in [5, 5.41) is 2.04. The van der Waals surface area contributed by atoms with Crippen molar-refractivity contribution in [3.63, 3.8) is 0 Å². The van der Waals surface area contributed by atoms with Crippen LogP contribution < -0.4 is 5.43 Å². The van der Waals surface area contributed by atoms with Gasteiger partial charge in [-0.1, -0.05) is 20.3 Å². The lowest BCUT2D eigenvalue weighted by atomic mass is 10.3. The van der Waals surface area contributed by atoms with E-state index >= 15 is 0 Å². The van der Waals surface area contributed by atoms with Crippen LogP contribution in [-0.4, -0.2) is 25.1 Å². The molecule has 0 N–H and O–H groups in total. The number of nitrogens with zero attached hydrogens (tertiary/aromatic N) is 2. The zero-order valence-electron chi connectivity index (χ0n) is 7.43. The molecule has 0 aromatic carbocycles. The van der Waals surface area contributed by atoms with Crippen molar-refractivity contribution in [3.8, 4) is 0 Å². The van der Waals surface area contributed by atoms with Crippen LogP contribution in [0.2, 0.25) is 0 Å². The van der Waals surface area contributed by atoms with Gasteiger partial charge in [0.15, 0.2) is 0 Å². The van der Waals surface area contributed by atoms with E-state index in [4.69, 9.17) is 0 Å². The summed E-state index contributed by atoms with van der Waals surface area (Å²) < 4.78 is 0. The molecule has 2 nitrogen and oxygen atoms in total. The van der Waals surface area contributed by atoms with Crippen LogP contribution in [-0.2, 0) is 0 Å². The van der Waals surface area contributed by atoms with Crippen LogP contribution in [0, 0.1) is 0 Å². The molecule has 0 aromatic rings. The second-order valence-corrected chi connectivity index (χ2v) is 2.60. The van der Waals surface area contributed by atoms with Crippen molar-refractivity contribution in [2.45, 2.75) is 33.1 Å². The standard InChI is InChI=1S/C8H19N2/c1-4-6-7-9-10(3)8-5-2/h4-8H2,1-3H3. The molecule has 0 saturated carbocycles. The van der Waals surface area contributed by atoms with Gasteiger partial charge >= 0.3 is 0 Å². The summed E-state index contributed by atoms with van der Waals surface area (Å²) in [5.74, 6) is 0. The molecule has 0 spiro atoms. The molecule has 61 valence electrons. The monoisotopic (exact) mass is 143 g/mol. The number of hydrogen-bond acceptors (Lipinski definition) is 1. The highest BCUT2D eigenvalue weighted by molar-refractivity contribution is 4.42. The normalized spacial score (nSPS) is 10.8. The van der Waals surface area contributed by atoms with Gasteiger partial charge in [-0.15, -0.1) is 0 Å². The lowest BCUT2D eigenvalue weighted by molar-refractivity contribution is 0.225. The van der Waals surface area contributed by atoms with Gasteiger partial charge in [-0.05, 0) is 12.8 Å². The quantitative estimate of drug-likeness (QED) is 0.408. The Balaban J connectivity index is 2.97. The van der Waals surface area contributed by atoms with E-state index in [1.807, 2.05) is 12.1 Å². The molecular formula is C8H19N2. The average Bonchev–Trinajstić information content (AvgIpc) is 1.89. The Morgan fingerprint density at radius 2 is 1.90 bits per heavy atom. The van der Waals surface area contributed by atoms with Crippen LogP contribution in [0.25, 0.3) is 0 Å². The molecule has 0 aliphatic carbocycles. The maximum absolute atomic E-state index is 4.34. The Morgan fingerprint density at radius 3 is 2.40 bits per heavy atom. The van der Waals surface area contributed by atoms with Gasteiger partial charge in [0, 0.05) is 20.1 Å². The van der Waals surface area contributed by atoms with E-state index in [1.54, 1.807) is 0 Å². The summed E-state index contributed by atoms with van der Waals surface area (Å²) >= 11 is 0. The molecule has 0 unspecified atom stereocenters. The molecule has 1 radical (unpaired) electrons. The lowest BCUT2D eigenvalue weighted by Crippen LogP contribution is -2.28. The molecule has 0 rings (SSSR count). The van der Waals surface area contributed by atoms with E-state index in [1.165, 1.54) is 19.3 Å². The van der Waals surface area contributed by atoms with Gasteiger partial charge in [-0.25, -0.2) is 5.01 Å². The Kier molecular flexibility index (Phi) is 6.98. The van der Waals surface area contributed by atoms with E-state index in [0.717, 1.165) is 13.1 Å². The Labute approximate surface area is 64.6 Å². The van der Waals surface area contributed by atoms with E-state index < -0.39 is 0 Å². The molecular weight excluding hydrogens is 124 g/mol. The van der Waals surface area contributed by atoms with Crippen LogP contribution in [0.5, 0.6) is 0 Å². The Hall–Kier alpha value is -0.0800. The van der Waals surface area contributed by atoms with Gasteiger partial charge in [0.05, 0.1) is 0 Å². The summed E-state index contributed by atoms with van der Waals surface area (Å²) in [7, 11) is 2.04. The van der Waals surface area contributed by atoms with Crippen molar-refractivity contribution in [2.75, 3.05) is 20.1 Å². The molecule has 10 heavy (non-hydrogen) atoms. The van der Waals surface area contributed by atoms with Gasteiger partial charge < -0.3 is 0 Å². The van der Waals surface area contributed by atoms with Crippen LogP contribution in [0.1, 0.15) is 33.1 Å². The molecule has 0 bridgehead atoms. The summed E-state index contributed by atoms with van der Waals surface area (Å²) in [6.45, 7) is 6.44. The number of hydrogen-bond donors (Lipinski definition) is 0. The highest BCUT2D eigenvalue weighted by atomic mass is 15.5. The molecule has 2 heteroatoms. The first kappa shape index (κ1) is 9.92. The second kappa shape index (κ2) is 7.03. The first-order valence-electron chi connectivity index (χ1n) is 4.19. The first-order chi connectivity index (χ1) is 4.81. The Bertz CT molecular complexity index is 64.3. The zero-order chi connectivity index (χ0) is 7.82. The van der Waals surface area contributed by atoms with E-state index in [2.05, 4.69) is 19.3 Å². The summed E-state index contributed by atoms with van der Waals surface area (Å²) in [4.78, 5) is 0. The highest BCUT2D eigenvalue weighted by Crippen LogP contribution is 1.87. The van der Waals surface area contributed by atoms with Crippen LogP contribution in [0.15, 0.2) is 0 Å². The van der Waals surface area contributed by atoms with Crippen molar-refractivity contribution in [2.24, 2.45) is 0 Å². The third-order valence-corrected chi connectivity index (χ3v) is 1.40. The lowest BCUT2D eigenvalue weighted by Gasteiger charge is -2.13. The minimum atomic E-state index is 0.993. The number of rotatable bonds is 6. The van der Waals surface area contributed by atoms with Crippen molar-refractivity contribution in [3.05, 3.63) is 0 Å². The fourth-order valence-electron chi connectivity index (χ4n) is 0.794. The van der Waals surface area contributed by atoms with Crippen LogP contribution in [0.3, 0.4) is 0 Å². The van der Waals surface area contributed by atoms with Gasteiger partial charge in [-0.3, -0.25) is 0 Å². The second-order valence-electron chi connectivity index (χ2n) is 2.60. The minimum Gasteiger partial charge on any atom is -0.230 e. The average molecular weight is 143 g/mol.